The molecular weight excluding hydrogens is 338 g/mol. The highest BCUT2D eigenvalue weighted by Gasteiger charge is 2.12. The van der Waals surface area contributed by atoms with Crippen molar-refractivity contribution in [3.05, 3.63) is 64.1 Å². The van der Waals surface area contributed by atoms with Crippen LogP contribution in [-0.2, 0) is 13.1 Å². The normalized spacial score (nSPS) is 11.9. The van der Waals surface area contributed by atoms with E-state index in [1.54, 1.807) is 23.1 Å². The van der Waals surface area contributed by atoms with Crippen molar-refractivity contribution in [1.29, 1.82) is 0 Å². The molecule has 132 valence electrons. The molecule has 0 aliphatic carbocycles. The molecule has 1 amide bonds. The predicted molar refractivity (Wildman–Crippen MR) is 100 cm³/mol. The zero-order chi connectivity index (χ0) is 18.4. The first-order valence-corrected chi connectivity index (χ1v) is 8.32. The molecule has 7 heteroatoms. The second-order valence-corrected chi connectivity index (χ2v) is 5.97. The van der Waals surface area contributed by atoms with E-state index in [1.807, 2.05) is 39.0 Å². The van der Waals surface area contributed by atoms with E-state index in [9.17, 15) is 4.79 Å². The van der Waals surface area contributed by atoms with Gasteiger partial charge in [0.1, 0.15) is 5.82 Å². The van der Waals surface area contributed by atoms with Gasteiger partial charge >= 0.3 is 0 Å². The van der Waals surface area contributed by atoms with Gasteiger partial charge in [-0.05, 0) is 32.4 Å². The zero-order valence-corrected chi connectivity index (χ0v) is 15.3. The fourth-order valence-corrected chi connectivity index (χ4v) is 2.69. The lowest BCUT2D eigenvalue weighted by molar-refractivity contribution is 0.0951. The topological polar surface area (TPSA) is 85.8 Å². The van der Waals surface area contributed by atoms with Crippen molar-refractivity contribution >= 4 is 23.3 Å². The summed E-state index contributed by atoms with van der Waals surface area (Å²) in [6.45, 7) is 6.63. The number of amides is 1. The van der Waals surface area contributed by atoms with Crippen LogP contribution in [0.5, 0.6) is 0 Å². The maximum absolute atomic E-state index is 12.3. The number of pyridine rings is 1. The Balaban J connectivity index is 2.03. The fourth-order valence-electron chi connectivity index (χ4n) is 2.37. The number of aromatic nitrogens is 3. The number of anilines is 1. The molecule has 2 aromatic rings. The Morgan fingerprint density at radius 3 is 2.84 bits per heavy atom. The van der Waals surface area contributed by atoms with Gasteiger partial charge in [0.2, 0.25) is 0 Å². The molecule has 3 N–H and O–H groups in total. The van der Waals surface area contributed by atoms with E-state index in [0.717, 1.165) is 11.1 Å². The molecule has 0 spiro atoms. The number of nitrogens with zero attached hydrogens (tertiary/aromatic N) is 3. The number of nitrogen functional groups attached to an aromatic ring is 1. The van der Waals surface area contributed by atoms with Crippen molar-refractivity contribution in [2.45, 2.75) is 33.9 Å². The van der Waals surface area contributed by atoms with E-state index in [0.29, 0.717) is 28.6 Å². The highest BCUT2D eigenvalue weighted by Crippen LogP contribution is 2.20. The first-order chi connectivity index (χ1) is 11.9. The van der Waals surface area contributed by atoms with E-state index in [1.165, 1.54) is 0 Å². The molecule has 0 atom stereocenters. The first kappa shape index (κ1) is 18.7. The fraction of sp³-hybridized carbons (Fsp3) is 0.278. The average Bonchev–Trinajstić information content (AvgIpc) is 3.01. The van der Waals surface area contributed by atoms with Gasteiger partial charge in [-0.3, -0.25) is 9.48 Å². The number of rotatable bonds is 6. The van der Waals surface area contributed by atoms with Crippen molar-refractivity contribution in [3.63, 3.8) is 0 Å². The summed E-state index contributed by atoms with van der Waals surface area (Å²) >= 11 is 6.17. The number of carbonyl (C=O) groups excluding carboxylic acids is 1. The third kappa shape index (κ3) is 4.93. The quantitative estimate of drug-likeness (QED) is 0.775. The summed E-state index contributed by atoms with van der Waals surface area (Å²) in [7, 11) is 0. The van der Waals surface area contributed by atoms with Crippen LogP contribution in [0.25, 0.3) is 0 Å². The molecule has 2 aromatic heterocycles. The molecule has 0 saturated heterocycles. The zero-order valence-electron chi connectivity index (χ0n) is 14.6. The summed E-state index contributed by atoms with van der Waals surface area (Å²) in [4.78, 5) is 16.5. The van der Waals surface area contributed by atoms with Crippen LogP contribution in [-0.4, -0.2) is 20.7 Å². The third-order valence-corrected chi connectivity index (χ3v) is 4.05. The van der Waals surface area contributed by atoms with E-state index >= 15 is 0 Å². The minimum Gasteiger partial charge on any atom is -0.384 e. The van der Waals surface area contributed by atoms with Crippen molar-refractivity contribution < 1.29 is 4.79 Å². The summed E-state index contributed by atoms with van der Waals surface area (Å²) in [6, 6.07) is 1.58. The second kappa shape index (κ2) is 8.48. The van der Waals surface area contributed by atoms with Gasteiger partial charge in [-0.25, -0.2) is 4.98 Å². The van der Waals surface area contributed by atoms with Crippen LogP contribution >= 0.6 is 11.6 Å². The molecule has 2 rings (SSSR count). The summed E-state index contributed by atoms with van der Waals surface area (Å²) < 4.78 is 1.73. The molecule has 0 fully saturated rings. The van der Waals surface area contributed by atoms with Crippen LogP contribution in [0.1, 0.15) is 35.5 Å². The van der Waals surface area contributed by atoms with Gasteiger partial charge in [0.15, 0.2) is 0 Å². The molecule has 25 heavy (non-hydrogen) atoms. The van der Waals surface area contributed by atoms with Gasteiger partial charge in [0, 0.05) is 24.0 Å². The molecular formula is C18H22ClN5O. The van der Waals surface area contributed by atoms with Crippen LogP contribution in [0.3, 0.4) is 0 Å². The predicted octanol–water partition coefficient (Wildman–Crippen LogP) is 3.27. The van der Waals surface area contributed by atoms with Crippen LogP contribution in [0.15, 0.2) is 42.3 Å². The maximum atomic E-state index is 12.3. The third-order valence-electron chi connectivity index (χ3n) is 3.71. The number of hydrogen-bond donors (Lipinski definition) is 2. The first-order valence-electron chi connectivity index (χ1n) is 7.94. The van der Waals surface area contributed by atoms with E-state index in [4.69, 9.17) is 17.3 Å². The Kier molecular flexibility index (Phi) is 6.36. The Morgan fingerprint density at radius 2 is 2.20 bits per heavy atom. The van der Waals surface area contributed by atoms with Crippen LogP contribution in [0.4, 0.5) is 5.82 Å². The van der Waals surface area contributed by atoms with Crippen molar-refractivity contribution in [2.24, 2.45) is 0 Å². The van der Waals surface area contributed by atoms with Gasteiger partial charge in [-0.15, -0.1) is 0 Å². The molecule has 0 aliphatic heterocycles. The minimum absolute atomic E-state index is 0.216. The smallest absolute Gasteiger partial charge is 0.254 e. The Labute approximate surface area is 152 Å². The Morgan fingerprint density at radius 1 is 1.44 bits per heavy atom. The highest BCUT2D eigenvalue weighted by atomic mass is 35.5. The summed E-state index contributed by atoms with van der Waals surface area (Å²) in [6.07, 6.45) is 9.27. The van der Waals surface area contributed by atoms with E-state index in [-0.39, 0.29) is 12.5 Å². The molecule has 0 saturated carbocycles. The average molecular weight is 360 g/mol. The highest BCUT2D eigenvalue weighted by molar-refractivity contribution is 6.31. The van der Waals surface area contributed by atoms with Gasteiger partial charge in [-0.2, -0.15) is 5.10 Å². The lowest BCUT2D eigenvalue weighted by Gasteiger charge is -2.09. The number of nitrogens with one attached hydrogen (secondary N) is 1. The number of nitrogens with two attached hydrogens (primary N) is 1. The Bertz CT molecular complexity index is 800. The van der Waals surface area contributed by atoms with E-state index in [2.05, 4.69) is 15.4 Å². The Hall–Kier alpha value is -2.60. The molecule has 0 bridgehead atoms. The van der Waals surface area contributed by atoms with Crippen molar-refractivity contribution in [1.82, 2.24) is 20.1 Å². The molecule has 0 radical (unpaired) electrons. The van der Waals surface area contributed by atoms with Gasteiger partial charge in [0.05, 0.1) is 23.3 Å². The number of aryl methyl sites for hydroxylation is 1. The SMILES string of the molecule is CC=CC(=CC)Cn1cc(C(=O)NCc2c(Cl)cc(N)nc2C)cn1. The number of carbonyl (C=O) groups is 1. The molecule has 0 aromatic carbocycles. The maximum Gasteiger partial charge on any atom is 0.254 e. The largest absolute Gasteiger partial charge is 0.384 e. The van der Waals surface area contributed by atoms with Crippen LogP contribution in [0, 0.1) is 6.92 Å². The second-order valence-electron chi connectivity index (χ2n) is 5.57. The monoisotopic (exact) mass is 359 g/mol. The minimum atomic E-state index is -0.216. The van der Waals surface area contributed by atoms with E-state index < -0.39 is 0 Å². The van der Waals surface area contributed by atoms with Gasteiger partial charge in [-0.1, -0.05) is 29.8 Å². The lowest BCUT2D eigenvalue weighted by Crippen LogP contribution is -2.23. The lowest BCUT2D eigenvalue weighted by atomic mass is 10.2. The number of halogens is 1. The molecule has 0 aliphatic rings. The van der Waals surface area contributed by atoms with Crippen molar-refractivity contribution in [3.8, 4) is 0 Å². The van der Waals surface area contributed by atoms with Gasteiger partial charge < -0.3 is 11.1 Å². The van der Waals surface area contributed by atoms with Crippen molar-refractivity contribution in [2.75, 3.05) is 5.73 Å². The summed E-state index contributed by atoms with van der Waals surface area (Å²) in [5, 5.41) is 7.56. The number of hydrogen-bond acceptors (Lipinski definition) is 4. The van der Waals surface area contributed by atoms with Crippen LogP contribution in [0.2, 0.25) is 5.02 Å². The summed E-state index contributed by atoms with van der Waals surface area (Å²) in [5.41, 5.74) is 8.71. The van der Waals surface area contributed by atoms with Gasteiger partial charge in [0.25, 0.3) is 5.91 Å². The standard InChI is InChI=1S/C18H22ClN5O/c1-4-6-13(5-2)10-24-11-14(8-22-24)18(25)21-9-15-12(3)23-17(20)7-16(15)19/h4-8,11H,9-10H2,1-3H3,(H2,20,23)(H,21,25). The number of allylic oxidation sites excluding steroid dienone is 4. The molecule has 0 unspecified atom stereocenters. The molecule has 2 heterocycles. The molecule has 6 nitrogen and oxygen atoms in total. The van der Waals surface area contributed by atoms with Crippen LogP contribution < -0.4 is 11.1 Å². The summed E-state index contributed by atoms with van der Waals surface area (Å²) in [5.74, 6) is 0.145.